The maximum atomic E-state index is 13.8. The van der Waals surface area contributed by atoms with Crippen LogP contribution in [0.2, 0.25) is 0 Å². The Balaban J connectivity index is 1.51. The maximum absolute atomic E-state index is 13.8. The van der Waals surface area contributed by atoms with Crippen molar-refractivity contribution in [2.45, 2.75) is 38.5 Å². The summed E-state index contributed by atoms with van der Waals surface area (Å²) in [5, 5.41) is 0. The van der Waals surface area contributed by atoms with Crippen LogP contribution in [0.1, 0.15) is 49.7 Å². The summed E-state index contributed by atoms with van der Waals surface area (Å²) < 4.78 is 22.1. The van der Waals surface area contributed by atoms with Crippen molar-refractivity contribution < 1.29 is 28.5 Å². The number of esters is 1. The van der Waals surface area contributed by atoms with Gasteiger partial charge in [0.15, 0.2) is 17.3 Å². The lowest BCUT2D eigenvalue weighted by atomic mass is 9.69. The zero-order valence-electron chi connectivity index (χ0n) is 21.3. The number of aliphatic imine (C=N–C) groups is 1. The number of carbonyl (C=O) groups excluding carboxylic acids is 2. The smallest absolute Gasteiger partial charge is 0.315 e. The predicted octanol–water partition coefficient (Wildman–Crippen LogP) is 5.30. The lowest BCUT2D eigenvalue weighted by molar-refractivity contribution is -0.145. The van der Waals surface area contributed by atoms with E-state index < -0.39 is 11.8 Å². The summed E-state index contributed by atoms with van der Waals surface area (Å²) in [7, 11) is 1.64. The maximum Gasteiger partial charge on any atom is 0.315 e. The van der Waals surface area contributed by atoms with Gasteiger partial charge in [-0.1, -0.05) is 25.1 Å². The number of allylic oxidation sites excluding steroid dienone is 2. The fourth-order valence-electron chi connectivity index (χ4n) is 5.38. The summed E-state index contributed by atoms with van der Waals surface area (Å²) in [5.74, 6) is 2.26. The third kappa shape index (κ3) is 5.12. The second-order valence-electron chi connectivity index (χ2n) is 9.35. The average molecular weight is 522 g/mol. The van der Waals surface area contributed by atoms with E-state index in [1.54, 1.807) is 18.9 Å². The van der Waals surface area contributed by atoms with Crippen molar-refractivity contribution >= 4 is 29.2 Å². The quantitative estimate of drug-likeness (QED) is 0.345. The van der Waals surface area contributed by atoms with E-state index in [2.05, 4.69) is 6.92 Å². The molecule has 0 amide bonds. The minimum atomic E-state index is -0.674. The van der Waals surface area contributed by atoms with Crippen molar-refractivity contribution in [3.63, 3.8) is 0 Å². The number of ketones is 1. The van der Waals surface area contributed by atoms with Gasteiger partial charge in [0.05, 0.1) is 7.11 Å². The molecule has 5 rings (SSSR count). The van der Waals surface area contributed by atoms with Gasteiger partial charge in [0.1, 0.15) is 18.3 Å². The van der Waals surface area contributed by atoms with E-state index in [-0.39, 0.29) is 24.5 Å². The van der Waals surface area contributed by atoms with E-state index in [9.17, 15) is 9.59 Å². The summed E-state index contributed by atoms with van der Waals surface area (Å²) in [4.78, 5) is 32.0. The number of thioether (sulfide) groups is 1. The molecule has 2 aliphatic heterocycles. The molecule has 2 aromatic carbocycles. The number of methoxy groups -OCH3 is 1. The Labute approximate surface area is 221 Å². The highest BCUT2D eigenvalue weighted by atomic mass is 32.2. The Hall–Kier alpha value is -3.26. The molecule has 1 aliphatic carbocycles. The predicted molar refractivity (Wildman–Crippen MR) is 143 cm³/mol. The largest absolute Gasteiger partial charge is 0.497 e. The highest BCUT2D eigenvalue weighted by Gasteiger charge is 2.45. The van der Waals surface area contributed by atoms with E-state index in [4.69, 9.17) is 23.9 Å². The minimum absolute atomic E-state index is 0.0142. The molecule has 0 fully saturated rings. The first-order chi connectivity index (χ1) is 18.0. The normalized spacial score (nSPS) is 22.4. The summed E-state index contributed by atoms with van der Waals surface area (Å²) in [6.07, 6.45) is 0.983. The Morgan fingerprint density at radius 2 is 1.84 bits per heavy atom. The van der Waals surface area contributed by atoms with Gasteiger partial charge in [0.2, 0.25) is 6.79 Å². The van der Waals surface area contributed by atoms with Crippen LogP contribution in [0.5, 0.6) is 17.2 Å². The first-order valence-electron chi connectivity index (χ1n) is 12.6. The number of ether oxygens (including phenoxy) is 4. The number of Topliss-reactive ketones (excluding diaryl/α,β-unsaturated/α-hetero) is 1. The van der Waals surface area contributed by atoms with Gasteiger partial charge < -0.3 is 18.9 Å². The fraction of sp³-hybridized carbons (Fsp3) is 0.414. The van der Waals surface area contributed by atoms with Crippen LogP contribution in [-0.4, -0.2) is 49.5 Å². The van der Waals surface area contributed by atoms with E-state index in [0.29, 0.717) is 42.2 Å². The number of hydrogen-bond acceptors (Lipinski definition) is 8. The monoisotopic (exact) mass is 521 g/mol. The van der Waals surface area contributed by atoms with Crippen LogP contribution in [0.3, 0.4) is 0 Å². The first-order valence-corrected chi connectivity index (χ1v) is 13.7. The van der Waals surface area contributed by atoms with Crippen molar-refractivity contribution in [3.05, 3.63) is 64.9 Å². The van der Waals surface area contributed by atoms with Gasteiger partial charge >= 0.3 is 5.97 Å². The third-order valence-electron chi connectivity index (χ3n) is 7.16. The Bertz CT molecular complexity index is 1250. The minimum Gasteiger partial charge on any atom is -0.497 e. The molecule has 1 unspecified atom stereocenters. The number of hydrogen-bond donors (Lipinski definition) is 0. The van der Waals surface area contributed by atoms with Crippen molar-refractivity contribution in [1.82, 2.24) is 0 Å². The highest BCUT2D eigenvalue weighted by Crippen LogP contribution is 2.48. The molecule has 0 radical (unpaired) electrons. The fourth-order valence-corrected chi connectivity index (χ4v) is 5.87. The number of benzene rings is 2. The van der Waals surface area contributed by atoms with Gasteiger partial charge in [0.25, 0.3) is 0 Å². The highest BCUT2D eigenvalue weighted by molar-refractivity contribution is 7.99. The van der Waals surface area contributed by atoms with Crippen molar-refractivity contribution in [2.24, 2.45) is 10.9 Å². The van der Waals surface area contributed by atoms with Crippen LogP contribution in [0.25, 0.3) is 0 Å². The summed E-state index contributed by atoms with van der Waals surface area (Å²) in [6, 6.07) is 13.5. The number of rotatable bonds is 8. The molecule has 194 valence electrons. The molecule has 3 atom stereocenters. The molecule has 2 heterocycles. The molecule has 0 aromatic heterocycles. The molecule has 7 nitrogen and oxygen atoms in total. The molecule has 0 saturated carbocycles. The van der Waals surface area contributed by atoms with Gasteiger partial charge in [-0.25, -0.2) is 0 Å². The van der Waals surface area contributed by atoms with E-state index in [0.717, 1.165) is 34.1 Å². The molecule has 3 aliphatic rings. The zero-order chi connectivity index (χ0) is 25.9. The summed E-state index contributed by atoms with van der Waals surface area (Å²) in [6.45, 7) is 4.41. The van der Waals surface area contributed by atoms with Crippen molar-refractivity contribution in [1.29, 1.82) is 0 Å². The second-order valence-corrected chi connectivity index (χ2v) is 10.7. The van der Waals surface area contributed by atoms with Crippen LogP contribution >= 0.6 is 11.8 Å². The van der Waals surface area contributed by atoms with E-state index >= 15 is 0 Å². The lowest BCUT2D eigenvalue weighted by Gasteiger charge is -2.36. The molecular formula is C29H31NO6S. The Kier molecular flexibility index (Phi) is 7.55. The summed E-state index contributed by atoms with van der Waals surface area (Å²) in [5.41, 5.74) is 3.93. The van der Waals surface area contributed by atoms with Crippen LogP contribution in [0.15, 0.2) is 58.7 Å². The molecular weight excluding hydrogens is 490 g/mol. The van der Waals surface area contributed by atoms with E-state index in [1.807, 2.05) is 49.4 Å². The van der Waals surface area contributed by atoms with Crippen LogP contribution in [-0.2, 0) is 14.3 Å². The van der Waals surface area contributed by atoms with Crippen molar-refractivity contribution in [2.75, 3.05) is 32.0 Å². The molecule has 0 saturated heterocycles. The SMILES string of the molecule is CCSCCOC(=O)C1C(C)=NC2=C(C(=O)C[C@@H](c3ccc(OC)cc3)C2)[C@H]1c1ccc2c(c1)OCO2. The van der Waals surface area contributed by atoms with Crippen LogP contribution < -0.4 is 14.2 Å². The van der Waals surface area contributed by atoms with Crippen LogP contribution in [0, 0.1) is 5.92 Å². The standard InChI is InChI=1S/C29H31NO6S/c1-4-37-12-11-34-29(32)26-17(2)30-22-13-20(18-5-8-21(33-3)9-6-18)14-23(31)28(22)27(26)19-7-10-24-25(15-19)36-16-35-24/h5-10,15,20,26-27H,4,11-14,16H2,1-3H3/t20-,26?,27-/m0/s1. The molecule has 0 N–H and O–H groups in total. The molecule has 0 bridgehead atoms. The van der Waals surface area contributed by atoms with Gasteiger partial charge in [-0.2, -0.15) is 11.8 Å². The lowest BCUT2D eigenvalue weighted by Crippen LogP contribution is -2.38. The molecule has 8 heteroatoms. The van der Waals surface area contributed by atoms with Crippen LogP contribution in [0.4, 0.5) is 0 Å². The average Bonchev–Trinajstić information content (AvgIpc) is 3.38. The number of carbonyl (C=O) groups is 2. The molecule has 2 aromatic rings. The van der Waals surface area contributed by atoms with E-state index in [1.165, 1.54) is 0 Å². The Morgan fingerprint density at radius 3 is 2.59 bits per heavy atom. The van der Waals surface area contributed by atoms with Gasteiger partial charge in [0, 0.05) is 35.1 Å². The molecule has 37 heavy (non-hydrogen) atoms. The second kappa shape index (κ2) is 11.0. The van der Waals surface area contributed by atoms with Gasteiger partial charge in [-0.3, -0.25) is 14.6 Å². The number of nitrogens with zero attached hydrogens (tertiary/aromatic N) is 1. The van der Waals surface area contributed by atoms with Gasteiger partial charge in [-0.15, -0.1) is 0 Å². The zero-order valence-corrected chi connectivity index (χ0v) is 22.1. The topological polar surface area (TPSA) is 83.4 Å². The Morgan fingerprint density at radius 1 is 1.08 bits per heavy atom. The molecule has 0 spiro atoms. The summed E-state index contributed by atoms with van der Waals surface area (Å²) >= 11 is 1.72. The van der Waals surface area contributed by atoms with Gasteiger partial charge in [-0.05, 0) is 60.4 Å². The van der Waals surface area contributed by atoms with Crippen molar-refractivity contribution in [3.8, 4) is 17.2 Å². The third-order valence-corrected chi connectivity index (χ3v) is 8.03. The first kappa shape index (κ1) is 25.4. The number of fused-ring (bicyclic) bond motifs is 1.